The molecule has 0 aliphatic carbocycles. The number of benzene rings is 2. The molecule has 2 aromatic rings. The first-order valence-corrected chi connectivity index (χ1v) is 7.60. The molecule has 1 heterocycles. The quantitative estimate of drug-likeness (QED) is 0.837. The monoisotopic (exact) mass is 348 g/mol. The van der Waals surface area contributed by atoms with Crippen LogP contribution in [0.1, 0.15) is 22.8 Å². The Hall–Kier alpha value is -1.52. The fraction of sp³-hybridized carbons (Fsp3) is 0.235. The van der Waals surface area contributed by atoms with Crippen LogP contribution in [0.2, 0.25) is 0 Å². The highest BCUT2D eigenvalue weighted by atomic mass is 79.9. The molecule has 0 radical (unpaired) electrons. The summed E-state index contributed by atoms with van der Waals surface area (Å²) in [4.78, 5) is 12.5. The molecule has 0 spiro atoms. The lowest BCUT2D eigenvalue weighted by atomic mass is 9.93. The lowest BCUT2D eigenvalue weighted by Crippen LogP contribution is -2.24. The Morgan fingerprint density at radius 3 is 2.90 bits per heavy atom. The number of hydrogen-bond acceptors (Lipinski definition) is 2. The zero-order chi connectivity index (χ0) is 14.8. The highest BCUT2D eigenvalue weighted by Gasteiger charge is 2.27. The number of rotatable bonds is 3. The van der Waals surface area contributed by atoms with Gasteiger partial charge in [0.2, 0.25) is 0 Å². The average Bonchev–Trinajstić information content (AvgIpc) is 2.49. The number of ketones is 1. The van der Waals surface area contributed by atoms with Gasteiger partial charge in [0, 0.05) is 10.9 Å². The number of carbonyl (C=O) groups is 1. The second kappa shape index (κ2) is 6.08. The topological polar surface area (TPSA) is 26.3 Å². The van der Waals surface area contributed by atoms with Crippen molar-refractivity contribution in [3.05, 3.63) is 69.4 Å². The van der Waals surface area contributed by atoms with Crippen molar-refractivity contribution in [1.82, 2.24) is 0 Å². The van der Waals surface area contributed by atoms with Gasteiger partial charge in [0.15, 0.2) is 5.78 Å². The summed E-state index contributed by atoms with van der Waals surface area (Å²) in [6.45, 7) is 0.524. The summed E-state index contributed by atoms with van der Waals surface area (Å²) >= 11 is 3.21. The van der Waals surface area contributed by atoms with E-state index in [1.54, 1.807) is 12.1 Å². The standard InChI is InChI=1S/C17H14BrFO2/c18-13-6-5-12(15(19)10-13)9-16(20)17-14-4-2-1-3-11(14)7-8-21-17/h1-6,10,17H,7-9H2. The van der Waals surface area contributed by atoms with E-state index in [1.807, 2.05) is 24.3 Å². The predicted octanol–water partition coefficient (Wildman–Crippen LogP) is 4.01. The van der Waals surface area contributed by atoms with Crippen LogP contribution in [-0.4, -0.2) is 12.4 Å². The van der Waals surface area contributed by atoms with Crippen molar-refractivity contribution >= 4 is 21.7 Å². The third-order valence-corrected chi connectivity index (χ3v) is 4.16. The van der Waals surface area contributed by atoms with E-state index in [-0.39, 0.29) is 18.0 Å². The van der Waals surface area contributed by atoms with Gasteiger partial charge in [0.05, 0.1) is 6.61 Å². The second-order valence-corrected chi connectivity index (χ2v) is 5.99. The highest BCUT2D eigenvalue weighted by Crippen LogP contribution is 2.29. The van der Waals surface area contributed by atoms with E-state index >= 15 is 0 Å². The predicted molar refractivity (Wildman–Crippen MR) is 81.7 cm³/mol. The van der Waals surface area contributed by atoms with Crippen LogP contribution in [0.4, 0.5) is 4.39 Å². The Labute approximate surface area is 131 Å². The maximum absolute atomic E-state index is 13.9. The molecular weight excluding hydrogens is 335 g/mol. The molecule has 2 aromatic carbocycles. The van der Waals surface area contributed by atoms with Gasteiger partial charge in [-0.05, 0) is 35.2 Å². The largest absolute Gasteiger partial charge is 0.365 e. The number of fused-ring (bicyclic) bond motifs is 1. The molecule has 1 aliphatic rings. The van der Waals surface area contributed by atoms with Crippen molar-refractivity contribution in [3.63, 3.8) is 0 Å². The Bertz CT molecular complexity index is 684. The smallest absolute Gasteiger partial charge is 0.170 e. The normalized spacial score (nSPS) is 17.3. The minimum atomic E-state index is -0.585. The van der Waals surface area contributed by atoms with Crippen molar-refractivity contribution in [2.45, 2.75) is 18.9 Å². The van der Waals surface area contributed by atoms with Gasteiger partial charge in [0.1, 0.15) is 11.9 Å². The number of carbonyl (C=O) groups excluding carboxylic acids is 1. The van der Waals surface area contributed by atoms with Gasteiger partial charge in [-0.1, -0.05) is 46.3 Å². The average molecular weight is 349 g/mol. The van der Waals surface area contributed by atoms with Gasteiger partial charge in [-0.25, -0.2) is 4.39 Å². The molecule has 21 heavy (non-hydrogen) atoms. The Morgan fingerprint density at radius 1 is 1.29 bits per heavy atom. The summed E-state index contributed by atoms with van der Waals surface area (Å²) in [6.07, 6.45) is 0.267. The molecule has 0 N–H and O–H groups in total. The third kappa shape index (κ3) is 3.06. The number of halogens is 2. The van der Waals surface area contributed by atoms with E-state index in [1.165, 1.54) is 6.07 Å². The van der Waals surface area contributed by atoms with E-state index in [2.05, 4.69) is 15.9 Å². The van der Waals surface area contributed by atoms with Gasteiger partial charge in [0.25, 0.3) is 0 Å². The third-order valence-electron chi connectivity index (χ3n) is 3.67. The van der Waals surface area contributed by atoms with Crippen LogP contribution in [0, 0.1) is 5.82 Å². The molecule has 0 aromatic heterocycles. The maximum Gasteiger partial charge on any atom is 0.170 e. The Balaban J connectivity index is 1.83. The number of ether oxygens (including phenoxy) is 1. The SMILES string of the molecule is O=C(Cc1ccc(Br)cc1F)C1OCCc2ccccc21. The van der Waals surface area contributed by atoms with Crippen molar-refractivity contribution in [1.29, 1.82) is 0 Å². The molecule has 1 unspecified atom stereocenters. The van der Waals surface area contributed by atoms with Gasteiger partial charge in [-0.15, -0.1) is 0 Å². The van der Waals surface area contributed by atoms with Crippen LogP contribution in [-0.2, 0) is 22.4 Å². The van der Waals surface area contributed by atoms with Crippen molar-refractivity contribution in [3.8, 4) is 0 Å². The first-order valence-electron chi connectivity index (χ1n) is 6.81. The van der Waals surface area contributed by atoms with Gasteiger partial charge in [-0.2, -0.15) is 0 Å². The van der Waals surface area contributed by atoms with Gasteiger partial charge in [-0.3, -0.25) is 4.79 Å². The van der Waals surface area contributed by atoms with E-state index in [9.17, 15) is 9.18 Å². The van der Waals surface area contributed by atoms with Crippen LogP contribution in [0.15, 0.2) is 46.9 Å². The molecule has 3 rings (SSSR count). The van der Waals surface area contributed by atoms with Crippen molar-refractivity contribution in [2.75, 3.05) is 6.61 Å². The fourth-order valence-corrected chi connectivity index (χ4v) is 2.94. The van der Waals surface area contributed by atoms with Crippen LogP contribution >= 0.6 is 15.9 Å². The zero-order valence-electron chi connectivity index (χ0n) is 11.3. The summed E-state index contributed by atoms with van der Waals surface area (Å²) in [6, 6.07) is 12.5. The molecule has 0 saturated heterocycles. The van der Waals surface area contributed by atoms with Gasteiger partial charge < -0.3 is 4.74 Å². The summed E-state index contributed by atoms with van der Waals surface area (Å²) in [7, 11) is 0. The van der Waals surface area contributed by atoms with Crippen molar-refractivity contribution in [2.24, 2.45) is 0 Å². The molecule has 1 atom stereocenters. The Kier molecular flexibility index (Phi) is 4.17. The summed E-state index contributed by atoms with van der Waals surface area (Å²) in [5.74, 6) is -0.481. The second-order valence-electron chi connectivity index (χ2n) is 5.08. The number of Topliss-reactive ketones (excluding diaryl/α,β-unsaturated/α-hetero) is 1. The summed E-state index contributed by atoms with van der Waals surface area (Å²) < 4.78 is 20.1. The lowest BCUT2D eigenvalue weighted by Gasteiger charge is -2.25. The molecule has 0 bridgehead atoms. The molecule has 0 amide bonds. The molecular formula is C17H14BrFO2. The molecule has 4 heteroatoms. The molecule has 0 saturated carbocycles. The minimum Gasteiger partial charge on any atom is -0.365 e. The first kappa shape index (κ1) is 14.4. The van der Waals surface area contributed by atoms with Crippen LogP contribution < -0.4 is 0 Å². The first-order chi connectivity index (χ1) is 10.1. The lowest BCUT2D eigenvalue weighted by molar-refractivity contribution is -0.131. The van der Waals surface area contributed by atoms with Crippen LogP contribution in [0.25, 0.3) is 0 Å². The Morgan fingerprint density at radius 2 is 2.10 bits per heavy atom. The minimum absolute atomic E-state index is 0.0398. The highest BCUT2D eigenvalue weighted by molar-refractivity contribution is 9.10. The van der Waals surface area contributed by atoms with Gasteiger partial charge >= 0.3 is 0 Å². The summed E-state index contributed by atoms with van der Waals surface area (Å²) in [5.41, 5.74) is 2.44. The molecule has 2 nitrogen and oxygen atoms in total. The summed E-state index contributed by atoms with van der Waals surface area (Å²) in [5, 5.41) is 0. The van der Waals surface area contributed by atoms with Crippen LogP contribution in [0.5, 0.6) is 0 Å². The van der Waals surface area contributed by atoms with Crippen molar-refractivity contribution < 1.29 is 13.9 Å². The molecule has 108 valence electrons. The zero-order valence-corrected chi connectivity index (χ0v) is 12.9. The molecule has 0 fully saturated rings. The van der Waals surface area contributed by atoms with Crippen LogP contribution in [0.3, 0.4) is 0 Å². The maximum atomic E-state index is 13.9. The number of hydrogen-bond donors (Lipinski definition) is 0. The van der Waals surface area contributed by atoms with E-state index in [0.29, 0.717) is 16.6 Å². The van der Waals surface area contributed by atoms with E-state index in [4.69, 9.17) is 4.74 Å². The van der Waals surface area contributed by atoms with E-state index in [0.717, 1.165) is 17.5 Å². The molecule has 1 aliphatic heterocycles. The van der Waals surface area contributed by atoms with E-state index < -0.39 is 6.10 Å². The fourth-order valence-electron chi connectivity index (χ4n) is 2.61.